The zero-order valence-corrected chi connectivity index (χ0v) is 30.5. The quantitative estimate of drug-likeness (QED) is 0.0875. The third-order valence-electron chi connectivity index (χ3n) is 5.32. The molecule has 0 unspecified atom stereocenters. The van der Waals surface area contributed by atoms with E-state index in [1.807, 2.05) is 0 Å². The first-order valence-electron chi connectivity index (χ1n) is 14.4. The van der Waals surface area contributed by atoms with Crippen molar-refractivity contribution >= 4 is 33.8 Å². The van der Waals surface area contributed by atoms with Gasteiger partial charge in [-0.1, -0.05) is 27.7 Å². The molecule has 0 aromatic rings. The predicted octanol–water partition coefficient (Wildman–Crippen LogP) is 7.01. The lowest BCUT2D eigenvalue weighted by Crippen LogP contribution is -2.56. The van der Waals surface area contributed by atoms with Crippen molar-refractivity contribution in [2.75, 3.05) is 52.9 Å². The van der Waals surface area contributed by atoms with Gasteiger partial charge in [-0.25, -0.2) is 0 Å². The fourth-order valence-electron chi connectivity index (χ4n) is 4.34. The van der Waals surface area contributed by atoms with Crippen molar-refractivity contribution in [3.05, 3.63) is 0 Å². The monoisotopic (exact) mass is 598 g/mol. The summed E-state index contributed by atoms with van der Waals surface area (Å²) in [5.41, 5.74) is 0. The molecule has 0 saturated heterocycles. The molecule has 0 radical (unpaired) electrons. The lowest BCUT2D eigenvalue weighted by Gasteiger charge is -2.41. The molecule has 0 saturated carbocycles. The molecule has 0 spiro atoms. The molecule has 0 atom stereocenters. The van der Waals surface area contributed by atoms with Gasteiger partial charge in [-0.05, 0) is 89.1 Å². The zero-order valence-electron chi connectivity index (χ0n) is 26.5. The first-order chi connectivity index (χ1) is 17.0. The zero-order chi connectivity index (χ0) is 28.6. The first-order valence-corrected chi connectivity index (χ1v) is 26.2. The van der Waals surface area contributed by atoms with Crippen LogP contribution >= 0.6 is 0 Å². The summed E-state index contributed by atoms with van der Waals surface area (Å²) in [6.07, 6.45) is 2.02. The van der Waals surface area contributed by atoms with Crippen LogP contribution in [0.4, 0.5) is 0 Å². The molecule has 37 heavy (non-hydrogen) atoms. The molecule has 0 heterocycles. The summed E-state index contributed by atoms with van der Waals surface area (Å²) in [5.74, 6) is 1.13. The molecular formula is C26H62O7Si4. The van der Waals surface area contributed by atoms with Gasteiger partial charge < -0.3 is 31.3 Å². The second kappa shape index (κ2) is 18.8. The van der Waals surface area contributed by atoms with Crippen LogP contribution in [0.5, 0.6) is 0 Å². The van der Waals surface area contributed by atoms with Crippen LogP contribution in [-0.4, -0.2) is 86.6 Å². The van der Waals surface area contributed by atoms with Crippen molar-refractivity contribution < 1.29 is 31.3 Å². The molecule has 0 fully saturated rings. The van der Waals surface area contributed by atoms with Crippen LogP contribution in [0.1, 0.15) is 40.5 Å². The van der Waals surface area contributed by atoms with Crippen LogP contribution in [0.15, 0.2) is 0 Å². The van der Waals surface area contributed by atoms with E-state index in [1.165, 1.54) is 0 Å². The normalized spacial score (nSPS) is 13.8. The molecular weight excluding hydrogens is 537 g/mol. The van der Waals surface area contributed by atoms with Gasteiger partial charge in [0.15, 0.2) is 16.6 Å². The summed E-state index contributed by atoms with van der Waals surface area (Å²) in [6, 6.07) is 2.12. The van der Waals surface area contributed by atoms with Crippen LogP contribution in [0.25, 0.3) is 0 Å². The Morgan fingerprint density at radius 1 is 0.432 bits per heavy atom. The van der Waals surface area contributed by atoms with Crippen LogP contribution in [0.3, 0.4) is 0 Å². The summed E-state index contributed by atoms with van der Waals surface area (Å²) in [6.45, 7) is 32.2. The van der Waals surface area contributed by atoms with E-state index in [0.29, 0.717) is 38.3 Å². The van der Waals surface area contributed by atoms with Crippen molar-refractivity contribution in [3.63, 3.8) is 0 Å². The fraction of sp³-hybridized carbons (Fsp3) is 1.00. The third-order valence-corrected chi connectivity index (χ3v) is 20.7. The van der Waals surface area contributed by atoms with Gasteiger partial charge in [0.25, 0.3) is 0 Å². The molecule has 0 bridgehead atoms. The average molecular weight is 599 g/mol. The molecule has 7 nitrogen and oxygen atoms in total. The van der Waals surface area contributed by atoms with Gasteiger partial charge in [0.1, 0.15) is 0 Å². The van der Waals surface area contributed by atoms with Gasteiger partial charge in [0, 0.05) is 26.4 Å². The first kappa shape index (κ1) is 37.6. The molecule has 0 aliphatic carbocycles. The van der Waals surface area contributed by atoms with Gasteiger partial charge in [-0.15, -0.1) is 0 Å². The Morgan fingerprint density at radius 2 is 0.757 bits per heavy atom. The van der Waals surface area contributed by atoms with E-state index in [9.17, 15) is 0 Å². The number of ether oxygens (including phenoxy) is 4. The van der Waals surface area contributed by atoms with E-state index >= 15 is 0 Å². The highest BCUT2D eigenvalue weighted by Crippen LogP contribution is 2.27. The van der Waals surface area contributed by atoms with E-state index in [0.717, 1.165) is 51.4 Å². The highest BCUT2D eigenvalue weighted by molar-refractivity contribution is 6.89. The number of hydrogen-bond donors (Lipinski definition) is 0. The summed E-state index contributed by atoms with van der Waals surface area (Å²) in [4.78, 5) is 0. The smallest absolute Gasteiger partial charge is 0.312 e. The van der Waals surface area contributed by atoms with E-state index in [4.69, 9.17) is 31.3 Å². The topological polar surface area (TPSA) is 64.6 Å². The van der Waals surface area contributed by atoms with Crippen LogP contribution in [0, 0.1) is 11.8 Å². The minimum atomic E-state index is -2.31. The molecule has 0 rings (SSSR count). The Morgan fingerprint density at radius 3 is 1.08 bits per heavy atom. The van der Waals surface area contributed by atoms with Gasteiger partial charge >= 0.3 is 17.1 Å². The minimum absolute atomic E-state index is 0.565. The molecule has 0 N–H and O–H groups in total. The van der Waals surface area contributed by atoms with E-state index in [-0.39, 0.29) is 0 Å². The van der Waals surface area contributed by atoms with Gasteiger partial charge in [0.2, 0.25) is 0 Å². The second-order valence-electron chi connectivity index (χ2n) is 13.0. The SMILES string of the molecule is CC(C)COCCOCCC[Si](C)(C)O[Si](C)(C)O[Si](C)(C)O[Si](C)(C)CCCOCCOCC(C)C. The molecule has 0 aliphatic rings. The Balaban J connectivity index is 4.30. The van der Waals surface area contributed by atoms with Crippen LogP contribution < -0.4 is 0 Å². The fourth-order valence-corrected chi connectivity index (χ4v) is 23.6. The van der Waals surface area contributed by atoms with Crippen molar-refractivity contribution in [2.24, 2.45) is 11.8 Å². The van der Waals surface area contributed by atoms with Crippen molar-refractivity contribution in [2.45, 2.75) is 105 Å². The summed E-state index contributed by atoms with van der Waals surface area (Å²) in [7, 11) is -8.34. The molecule has 0 aromatic heterocycles. The van der Waals surface area contributed by atoms with Gasteiger partial charge in [-0.3, -0.25) is 0 Å². The Kier molecular flexibility index (Phi) is 19.1. The molecule has 0 aromatic carbocycles. The number of rotatable bonds is 24. The Hall–Kier alpha value is 0.588. The van der Waals surface area contributed by atoms with Crippen LogP contribution in [0.2, 0.25) is 64.5 Å². The van der Waals surface area contributed by atoms with Crippen molar-refractivity contribution in [1.82, 2.24) is 0 Å². The highest BCUT2D eigenvalue weighted by Gasteiger charge is 2.43. The maximum absolute atomic E-state index is 6.72. The summed E-state index contributed by atoms with van der Waals surface area (Å²) >= 11 is 0. The van der Waals surface area contributed by atoms with E-state index < -0.39 is 33.8 Å². The largest absolute Gasteiger partial charge is 0.436 e. The van der Waals surface area contributed by atoms with E-state index in [2.05, 4.69) is 80.1 Å². The van der Waals surface area contributed by atoms with E-state index in [1.54, 1.807) is 0 Å². The van der Waals surface area contributed by atoms with Gasteiger partial charge in [0.05, 0.1) is 26.4 Å². The molecule has 11 heteroatoms. The molecule has 0 aliphatic heterocycles. The summed E-state index contributed by atoms with van der Waals surface area (Å²) in [5, 5.41) is 0. The lowest BCUT2D eigenvalue weighted by molar-refractivity contribution is 0.0378. The van der Waals surface area contributed by atoms with Crippen molar-refractivity contribution in [3.8, 4) is 0 Å². The average Bonchev–Trinajstić information content (AvgIpc) is 2.68. The third kappa shape index (κ3) is 24.1. The Bertz CT molecular complexity index is 525. The number of hydrogen-bond acceptors (Lipinski definition) is 7. The minimum Gasteiger partial charge on any atom is -0.436 e. The van der Waals surface area contributed by atoms with Crippen molar-refractivity contribution in [1.29, 1.82) is 0 Å². The Labute approximate surface area is 234 Å². The molecule has 224 valence electrons. The predicted molar refractivity (Wildman–Crippen MR) is 165 cm³/mol. The highest BCUT2D eigenvalue weighted by atomic mass is 28.5. The second-order valence-corrected chi connectivity index (χ2v) is 29.1. The lowest BCUT2D eigenvalue weighted by atomic mass is 10.2. The van der Waals surface area contributed by atoms with Gasteiger partial charge in [-0.2, -0.15) is 0 Å². The maximum Gasteiger partial charge on any atom is 0.312 e. The molecule has 0 amide bonds. The standard InChI is InChI=1S/C26H62O7Si4/c1-25(2)23-29-19-17-27-15-13-21-34(5,6)31-36(9,10)33-37(11,12)32-35(7,8)22-14-16-28-18-20-30-24-26(3)4/h25-26H,13-24H2,1-12H3. The summed E-state index contributed by atoms with van der Waals surface area (Å²) < 4.78 is 42.8. The van der Waals surface area contributed by atoms with Crippen LogP contribution in [-0.2, 0) is 31.3 Å². The maximum atomic E-state index is 6.72.